The van der Waals surface area contributed by atoms with Crippen molar-refractivity contribution in [2.24, 2.45) is 0 Å². The normalized spacial score (nSPS) is 17.1. The lowest BCUT2D eigenvalue weighted by atomic mass is 9.87. The number of carbonyl (C=O) groups is 1. The van der Waals surface area contributed by atoms with Gasteiger partial charge in [0, 0.05) is 39.3 Å². The Kier molecular flexibility index (Phi) is 6.71. The quantitative estimate of drug-likeness (QED) is 0.530. The van der Waals surface area contributed by atoms with E-state index in [0.29, 0.717) is 10.0 Å². The Morgan fingerprint density at radius 3 is 1.52 bits per heavy atom. The molecule has 0 radical (unpaired) electrons. The number of Topliss-reactive ketones (excluding diaryl/α,β-unsaturated/α-hetero) is 1. The van der Waals surface area contributed by atoms with Crippen molar-refractivity contribution >= 4 is 52.5 Å². The summed E-state index contributed by atoms with van der Waals surface area (Å²) in [7, 11) is 7.83. The van der Waals surface area contributed by atoms with E-state index in [1.165, 1.54) is 0 Å². The van der Waals surface area contributed by atoms with Gasteiger partial charge in [-0.15, -0.1) is 0 Å². The van der Waals surface area contributed by atoms with Crippen molar-refractivity contribution in [2.75, 3.05) is 38.0 Å². The van der Waals surface area contributed by atoms with Crippen LogP contribution in [0.15, 0.2) is 47.5 Å². The van der Waals surface area contributed by atoms with Crippen LogP contribution in [-0.4, -0.2) is 34.0 Å². The molecule has 1 fully saturated rings. The largest absolute Gasteiger partial charge is 0.376 e. The van der Waals surface area contributed by atoms with E-state index in [-0.39, 0.29) is 5.78 Å². The molecular formula is C24H26Cl2N2O. The van der Waals surface area contributed by atoms with E-state index in [1.807, 2.05) is 86.5 Å². The standard InChI is InChI=1S/C24H26Cl2N2O/c1-27(2)22-10-8-16(14-20(22)25)12-18-6-5-7-19(24(18)29)13-17-9-11-23(28(3)4)21(26)15-17/h8-15H,5-7H2,1-4H3/b18-12-,19-13+. The number of allylic oxidation sites excluding steroid dienone is 2. The Hall–Kier alpha value is -2.23. The molecule has 3 nitrogen and oxygen atoms in total. The van der Waals surface area contributed by atoms with Gasteiger partial charge >= 0.3 is 0 Å². The Morgan fingerprint density at radius 1 is 0.759 bits per heavy atom. The third-order valence-corrected chi connectivity index (χ3v) is 5.67. The van der Waals surface area contributed by atoms with Gasteiger partial charge in [0.25, 0.3) is 0 Å². The number of hydrogen-bond acceptors (Lipinski definition) is 3. The molecule has 0 heterocycles. The highest BCUT2D eigenvalue weighted by molar-refractivity contribution is 6.33. The maximum absolute atomic E-state index is 13.0. The summed E-state index contributed by atoms with van der Waals surface area (Å²) >= 11 is 12.8. The van der Waals surface area contributed by atoms with Crippen LogP contribution in [0.1, 0.15) is 30.4 Å². The molecule has 0 bridgehead atoms. The summed E-state index contributed by atoms with van der Waals surface area (Å²) in [5.41, 5.74) is 5.47. The fourth-order valence-electron chi connectivity index (χ4n) is 3.53. The predicted octanol–water partition coefficient (Wildman–Crippen LogP) is 6.35. The molecule has 0 aromatic heterocycles. The molecule has 0 spiro atoms. The molecule has 0 N–H and O–H groups in total. The summed E-state index contributed by atoms with van der Waals surface area (Å²) in [4.78, 5) is 17.0. The highest BCUT2D eigenvalue weighted by atomic mass is 35.5. The van der Waals surface area contributed by atoms with Gasteiger partial charge in [-0.1, -0.05) is 35.3 Å². The number of nitrogens with zero attached hydrogens (tertiary/aromatic N) is 2. The summed E-state index contributed by atoms with van der Waals surface area (Å²) in [5.74, 6) is 0.108. The summed E-state index contributed by atoms with van der Waals surface area (Å²) < 4.78 is 0. The number of carbonyl (C=O) groups excluding carboxylic acids is 1. The minimum atomic E-state index is 0.108. The summed E-state index contributed by atoms with van der Waals surface area (Å²) in [5, 5.41) is 1.36. The van der Waals surface area contributed by atoms with Crippen molar-refractivity contribution in [3.8, 4) is 0 Å². The van der Waals surface area contributed by atoms with Crippen molar-refractivity contribution in [2.45, 2.75) is 19.3 Å². The van der Waals surface area contributed by atoms with Gasteiger partial charge in [0.1, 0.15) is 0 Å². The molecule has 1 saturated carbocycles. The fraction of sp³-hybridized carbons (Fsp3) is 0.292. The van der Waals surface area contributed by atoms with Gasteiger partial charge in [-0.2, -0.15) is 0 Å². The van der Waals surface area contributed by atoms with E-state index in [9.17, 15) is 4.79 Å². The van der Waals surface area contributed by atoms with Crippen LogP contribution >= 0.6 is 23.2 Å². The Morgan fingerprint density at radius 2 is 1.17 bits per heavy atom. The maximum Gasteiger partial charge on any atom is 0.185 e. The van der Waals surface area contributed by atoms with Crippen molar-refractivity contribution in [3.05, 3.63) is 68.7 Å². The van der Waals surface area contributed by atoms with E-state index in [4.69, 9.17) is 23.2 Å². The van der Waals surface area contributed by atoms with Crippen molar-refractivity contribution < 1.29 is 4.79 Å². The third kappa shape index (κ3) is 5.04. The lowest BCUT2D eigenvalue weighted by Gasteiger charge is -2.18. The van der Waals surface area contributed by atoms with Gasteiger partial charge in [-0.3, -0.25) is 4.79 Å². The minimum Gasteiger partial charge on any atom is -0.376 e. The number of hydrogen-bond donors (Lipinski definition) is 0. The van der Waals surface area contributed by atoms with Crippen LogP contribution in [-0.2, 0) is 4.79 Å². The zero-order chi connectivity index (χ0) is 21.1. The molecule has 0 aliphatic heterocycles. The second-order valence-corrected chi connectivity index (χ2v) is 8.55. The lowest BCUT2D eigenvalue weighted by molar-refractivity contribution is -0.112. The first-order valence-corrected chi connectivity index (χ1v) is 10.4. The first-order valence-electron chi connectivity index (χ1n) is 9.66. The third-order valence-electron chi connectivity index (χ3n) is 5.06. The molecule has 29 heavy (non-hydrogen) atoms. The second kappa shape index (κ2) is 9.06. The Labute approximate surface area is 183 Å². The number of benzene rings is 2. The topological polar surface area (TPSA) is 23.6 Å². The number of halogens is 2. The first-order chi connectivity index (χ1) is 13.8. The second-order valence-electron chi connectivity index (χ2n) is 7.73. The molecule has 0 unspecified atom stereocenters. The summed E-state index contributed by atoms with van der Waals surface area (Å²) in [6.07, 6.45) is 6.44. The average Bonchev–Trinajstić information content (AvgIpc) is 2.64. The molecule has 1 aliphatic carbocycles. The van der Waals surface area contributed by atoms with Crippen LogP contribution in [0.4, 0.5) is 11.4 Å². The van der Waals surface area contributed by atoms with Crippen molar-refractivity contribution in [1.29, 1.82) is 0 Å². The average molecular weight is 429 g/mol. The SMILES string of the molecule is CN(C)c1ccc(/C=C2/CCC/C(=C\c3ccc(N(C)C)c(Cl)c3)C2=O)cc1Cl. The Bertz CT molecular complexity index is 913. The van der Waals surface area contributed by atoms with Gasteiger partial charge in [-0.05, 0) is 66.8 Å². The fourth-order valence-corrected chi connectivity index (χ4v) is 4.25. The molecule has 152 valence electrons. The predicted molar refractivity (Wildman–Crippen MR) is 126 cm³/mol. The molecule has 0 saturated heterocycles. The van der Waals surface area contributed by atoms with E-state index >= 15 is 0 Å². The van der Waals surface area contributed by atoms with E-state index in [2.05, 4.69) is 0 Å². The number of ketones is 1. The molecular weight excluding hydrogens is 403 g/mol. The lowest BCUT2D eigenvalue weighted by Crippen LogP contribution is -2.12. The number of rotatable bonds is 4. The minimum absolute atomic E-state index is 0.108. The smallest absolute Gasteiger partial charge is 0.185 e. The van der Waals surface area contributed by atoms with Gasteiger partial charge < -0.3 is 9.80 Å². The van der Waals surface area contributed by atoms with E-state index in [1.54, 1.807) is 0 Å². The zero-order valence-corrected chi connectivity index (χ0v) is 18.8. The van der Waals surface area contributed by atoms with Crippen molar-refractivity contribution in [1.82, 2.24) is 0 Å². The number of anilines is 2. The van der Waals surface area contributed by atoms with Crippen LogP contribution in [0.5, 0.6) is 0 Å². The van der Waals surface area contributed by atoms with Crippen LogP contribution in [0.3, 0.4) is 0 Å². The highest BCUT2D eigenvalue weighted by Crippen LogP contribution is 2.32. The van der Waals surface area contributed by atoms with Gasteiger partial charge in [0.2, 0.25) is 0 Å². The van der Waals surface area contributed by atoms with Gasteiger partial charge in [-0.25, -0.2) is 0 Å². The van der Waals surface area contributed by atoms with Crippen LogP contribution in [0, 0.1) is 0 Å². The first kappa shape index (κ1) is 21.5. The molecule has 0 atom stereocenters. The van der Waals surface area contributed by atoms with E-state index < -0.39 is 0 Å². The van der Waals surface area contributed by atoms with Crippen LogP contribution < -0.4 is 9.80 Å². The Balaban J connectivity index is 1.87. The van der Waals surface area contributed by atoms with Crippen LogP contribution in [0.25, 0.3) is 12.2 Å². The van der Waals surface area contributed by atoms with Gasteiger partial charge in [0.15, 0.2) is 5.78 Å². The van der Waals surface area contributed by atoms with Crippen LogP contribution in [0.2, 0.25) is 10.0 Å². The van der Waals surface area contributed by atoms with E-state index in [0.717, 1.165) is 52.9 Å². The zero-order valence-electron chi connectivity index (χ0n) is 17.3. The summed E-state index contributed by atoms with van der Waals surface area (Å²) in [6, 6.07) is 11.8. The van der Waals surface area contributed by atoms with Crippen molar-refractivity contribution in [3.63, 3.8) is 0 Å². The molecule has 3 rings (SSSR count). The molecule has 2 aromatic carbocycles. The summed E-state index contributed by atoms with van der Waals surface area (Å²) in [6.45, 7) is 0. The molecule has 0 amide bonds. The monoisotopic (exact) mass is 428 g/mol. The maximum atomic E-state index is 13.0. The molecule has 1 aliphatic rings. The molecule has 2 aromatic rings. The highest BCUT2D eigenvalue weighted by Gasteiger charge is 2.20. The van der Waals surface area contributed by atoms with Gasteiger partial charge in [0.05, 0.1) is 21.4 Å². The molecule has 5 heteroatoms.